The van der Waals surface area contributed by atoms with Gasteiger partial charge in [-0.3, -0.25) is 9.59 Å². The van der Waals surface area contributed by atoms with E-state index in [-0.39, 0.29) is 34.8 Å². The Morgan fingerprint density at radius 1 is 0.867 bits per heavy atom. The number of carbonyl (C=O) groups is 2. The Labute approximate surface area is 173 Å². The van der Waals surface area contributed by atoms with Gasteiger partial charge in [0.25, 0.3) is 0 Å². The molecular formula is C24H20O6. The smallest absolute Gasteiger partial charge is 0.201 e. The van der Waals surface area contributed by atoms with Crippen molar-refractivity contribution in [3.8, 4) is 23.0 Å². The van der Waals surface area contributed by atoms with Gasteiger partial charge in [0.05, 0.1) is 31.3 Å². The Morgan fingerprint density at radius 3 is 1.97 bits per heavy atom. The zero-order valence-corrected chi connectivity index (χ0v) is 16.5. The molecule has 0 amide bonds. The standard InChI is InChI=1S/C24H20O6/c1-29-19-10-9-13(12-20(19)30-2)11-18(27)21-14-5-3-7-16(25)22(14)24(28)23-15(21)6-4-8-17(23)26/h3-10,12,21,25-26H,11H2,1-2H3. The van der Waals surface area contributed by atoms with E-state index in [1.54, 1.807) is 42.5 Å². The van der Waals surface area contributed by atoms with Crippen molar-refractivity contribution in [3.05, 3.63) is 82.4 Å². The van der Waals surface area contributed by atoms with Gasteiger partial charge in [-0.2, -0.15) is 0 Å². The lowest BCUT2D eigenvalue weighted by molar-refractivity contribution is -0.119. The number of fused-ring (bicyclic) bond motifs is 2. The fourth-order valence-electron chi connectivity index (χ4n) is 4.02. The number of carbonyl (C=O) groups excluding carboxylic acids is 2. The lowest BCUT2D eigenvalue weighted by Gasteiger charge is -2.27. The lowest BCUT2D eigenvalue weighted by atomic mass is 9.74. The van der Waals surface area contributed by atoms with E-state index in [0.717, 1.165) is 5.56 Å². The molecule has 0 aliphatic heterocycles. The molecule has 0 atom stereocenters. The molecule has 0 radical (unpaired) electrons. The van der Waals surface area contributed by atoms with Gasteiger partial charge in [-0.25, -0.2) is 0 Å². The van der Waals surface area contributed by atoms with Crippen LogP contribution < -0.4 is 9.47 Å². The Morgan fingerprint density at radius 2 is 1.43 bits per heavy atom. The van der Waals surface area contributed by atoms with Crippen LogP contribution in [-0.2, 0) is 11.2 Å². The number of aromatic hydroxyl groups is 2. The predicted molar refractivity (Wildman–Crippen MR) is 110 cm³/mol. The third-order valence-electron chi connectivity index (χ3n) is 5.37. The number of ketones is 2. The van der Waals surface area contributed by atoms with Gasteiger partial charge in [0, 0.05) is 6.42 Å². The molecule has 3 aromatic rings. The van der Waals surface area contributed by atoms with Crippen molar-refractivity contribution in [1.82, 2.24) is 0 Å². The maximum absolute atomic E-state index is 13.4. The van der Waals surface area contributed by atoms with E-state index < -0.39 is 11.7 Å². The zero-order valence-electron chi connectivity index (χ0n) is 16.5. The first-order chi connectivity index (χ1) is 14.5. The number of Topliss-reactive ketones (excluding diaryl/α,β-unsaturated/α-hetero) is 1. The molecule has 0 saturated heterocycles. The topological polar surface area (TPSA) is 93.1 Å². The number of rotatable bonds is 5. The van der Waals surface area contributed by atoms with E-state index in [2.05, 4.69) is 0 Å². The molecule has 0 unspecified atom stereocenters. The summed E-state index contributed by atoms with van der Waals surface area (Å²) >= 11 is 0. The van der Waals surface area contributed by atoms with E-state index in [0.29, 0.717) is 22.6 Å². The monoisotopic (exact) mass is 404 g/mol. The van der Waals surface area contributed by atoms with Crippen LogP contribution in [0.1, 0.15) is 38.5 Å². The molecule has 2 N–H and O–H groups in total. The molecule has 152 valence electrons. The minimum atomic E-state index is -0.792. The fourth-order valence-corrected chi connectivity index (χ4v) is 4.02. The van der Waals surface area contributed by atoms with Crippen LogP contribution in [0.15, 0.2) is 54.6 Å². The summed E-state index contributed by atoms with van der Waals surface area (Å²) in [6, 6.07) is 14.6. The quantitative estimate of drug-likeness (QED) is 0.675. The van der Waals surface area contributed by atoms with E-state index in [1.165, 1.54) is 26.4 Å². The first-order valence-corrected chi connectivity index (χ1v) is 9.38. The summed E-state index contributed by atoms with van der Waals surface area (Å²) in [4.78, 5) is 26.4. The average molecular weight is 404 g/mol. The highest BCUT2D eigenvalue weighted by Crippen LogP contribution is 2.43. The van der Waals surface area contributed by atoms with Crippen LogP contribution in [0.3, 0.4) is 0 Å². The first kappa shape index (κ1) is 19.5. The van der Waals surface area contributed by atoms with Crippen molar-refractivity contribution in [2.24, 2.45) is 0 Å². The van der Waals surface area contributed by atoms with E-state index >= 15 is 0 Å². The molecular weight excluding hydrogens is 384 g/mol. The van der Waals surface area contributed by atoms with Gasteiger partial charge < -0.3 is 19.7 Å². The summed E-state index contributed by atoms with van der Waals surface area (Å²) in [5.74, 6) is -0.814. The van der Waals surface area contributed by atoms with Crippen LogP contribution in [0.2, 0.25) is 0 Å². The third kappa shape index (κ3) is 3.06. The van der Waals surface area contributed by atoms with Gasteiger partial charge in [0.2, 0.25) is 5.78 Å². The number of ether oxygens (including phenoxy) is 2. The number of hydrogen-bond acceptors (Lipinski definition) is 6. The van der Waals surface area contributed by atoms with Crippen molar-refractivity contribution in [2.45, 2.75) is 12.3 Å². The number of methoxy groups -OCH3 is 2. The van der Waals surface area contributed by atoms with E-state index in [1.807, 2.05) is 0 Å². The molecule has 0 bridgehead atoms. The number of phenols is 2. The second-order valence-corrected chi connectivity index (χ2v) is 7.08. The largest absolute Gasteiger partial charge is 0.507 e. The molecule has 0 aromatic heterocycles. The maximum atomic E-state index is 13.4. The average Bonchev–Trinajstić information content (AvgIpc) is 2.73. The minimum absolute atomic E-state index is 0.0529. The molecule has 4 rings (SSSR count). The second kappa shape index (κ2) is 7.55. The summed E-state index contributed by atoms with van der Waals surface area (Å²) in [5, 5.41) is 20.6. The second-order valence-electron chi connectivity index (χ2n) is 7.08. The highest BCUT2D eigenvalue weighted by molar-refractivity contribution is 6.18. The van der Waals surface area contributed by atoms with Gasteiger partial charge in [0.15, 0.2) is 11.5 Å². The van der Waals surface area contributed by atoms with Crippen LogP contribution in [0.4, 0.5) is 0 Å². The molecule has 30 heavy (non-hydrogen) atoms. The minimum Gasteiger partial charge on any atom is -0.507 e. The molecule has 1 aliphatic rings. The van der Waals surface area contributed by atoms with Crippen LogP contribution in [0, 0.1) is 0 Å². The van der Waals surface area contributed by atoms with Gasteiger partial charge in [-0.05, 0) is 41.0 Å². The van der Waals surface area contributed by atoms with Gasteiger partial charge in [-0.15, -0.1) is 0 Å². The predicted octanol–water partition coefficient (Wildman–Crippen LogP) is 3.60. The Balaban J connectivity index is 1.80. The highest BCUT2D eigenvalue weighted by atomic mass is 16.5. The van der Waals surface area contributed by atoms with Crippen molar-refractivity contribution in [3.63, 3.8) is 0 Å². The maximum Gasteiger partial charge on any atom is 0.201 e. The molecule has 6 nitrogen and oxygen atoms in total. The van der Waals surface area contributed by atoms with Gasteiger partial charge >= 0.3 is 0 Å². The van der Waals surface area contributed by atoms with Crippen molar-refractivity contribution < 1.29 is 29.3 Å². The summed E-state index contributed by atoms with van der Waals surface area (Å²) in [6.45, 7) is 0. The number of benzene rings is 3. The van der Waals surface area contributed by atoms with Crippen molar-refractivity contribution >= 4 is 11.6 Å². The van der Waals surface area contributed by atoms with Gasteiger partial charge in [-0.1, -0.05) is 30.3 Å². The Bertz CT molecular complexity index is 1110. The fraction of sp³-hybridized carbons (Fsp3) is 0.167. The lowest BCUT2D eigenvalue weighted by Crippen LogP contribution is -2.26. The first-order valence-electron chi connectivity index (χ1n) is 9.38. The highest BCUT2D eigenvalue weighted by Gasteiger charge is 2.38. The molecule has 0 heterocycles. The van der Waals surface area contributed by atoms with E-state index in [9.17, 15) is 19.8 Å². The SMILES string of the molecule is COc1ccc(CC(=O)C2c3cccc(O)c3C(=O)c3c(O)cccc32)cc1OC. The molecule has 1 aliphatic carbocycles. The number of phenolic OH excluding ortho intramolecular Hbond substituents is 2. The normalized spacial score (nSPS) is 12.8. The number of hydrogen-bond donors (Lipinski definition) is 2. The van der Waals surface area contributed by atoms with Crippen molar-refractivity contribution in [1.29, 1.82) is 0 Å². The van der Waals surface area contributed by atoms with Crippen LogP contribution in [0.25, 0.3) is 0 Å². The van der Waals surface area contributed by atoms with Crippen LogP contribution in [0.5, 0.6) is 23.0 Å². The summed E-state index contributed by atoms with van der Waals surface area (Å²) in [5.41, 5.74) is 1.69. The van der Waals surface area contributed by atoms with E-state index in [4.69, 9.17) is 9.47 Å². The van der Waals surface area contributed by atoms with Crippen LogP contribution in [-0.4, -0.2) is 36.0 Å². The Kier molecular flexibility index (Phi) is 4.91. The molecule has 0 spiro atoms. The molecule has 0 saturated carbocycles. The summed E-state index contributed by atoms with van der Waals surface area (Å²) < 4.78 is 10.6. The van der Waals surface area contributed by atoms with Gasteiger partial charge in [0.1, 0.15) is 17.3 Å². The Hall–Kier alpha value is -3.80. The molecule has 0 fully saturated rings. The third-order valence-corrected chi connectivity index (χ3v) is 5.37. The molecule has 6 heteroatoms. The summed E-state index contributed by atoms with van der Waals surface area (Å²) in [6.07, 6.45) is 0.0728. The van der Waals surface area contributed by atoms with Crippen LogP contribution >= 0.6 is 0 Å². The molecule has 3 aromatic carbocycles. The van der Waals surface area contributed by atoms with Crippen molar-refractivity contribution in [2.75, 3.05) is 14.2 Å². The summed E-state index contributed by atoms with van der Waals surface area (Å²) in [7, 11) is 3.06. The zero-order chi connectivity index (χ0) is 21.4.